The Balaban J connectivity index is 2.48. The van der Waals surface area contributed by atoms with E-state index in [2.05, 4.69) is 4.74 Å². The molecule has 1 aromatic rings. The molecule has 1 atom stereocenters. The van der Waals surface area contributed by atoms with Gasteiger partial charge in [-0.25, -0.2) is 9.59 Å². The number of benzene rings is 1. The lowest BCUT2D eigenvalue weighted by Gasteiger charge is -2.16. The Labute approximate surface area is 91.6 Å². The molecule has 0 aromatic heterocycles. The molecular weight excluding hydrogens is 212 g/mol. The molecule has 0 saturated carbocycles. The van der Waals surface area contributed by atoms with Crippen LogP contribution in [0, 0.1) is 0 Å². The predicted octanol–water partition coefficient (Wildman–Crippen LogP) is 0.356. The van der Waals surface area contributed by atoms with E-state index in [-0.39, 0.29) is 17.9 Å². The number of esters is 2. The van der Waals surface area contributed by atoms with E-state index in [0.717, 1.165) is 0 Å². The zero-order valence-electron chi connectivity index (χ0n) is 8.60. The first-order chi connectivity index (χ1) is 7.60. The van der Waals surface area contributed by atoms with Crippen LogP contribution < -0.4 is 4.74 Å². The third kappa shape index (κ3) is 1.29. The molecule has 0 amide bonds. The monoisotopic (exact) mass is 222 g/mol. The number of aliphatic hydroxyl groups is 1. The van der Waals surface area contributed by atoms with Gasteiger partial charge in [-0.3, -0.25) is 0 Å². The third-order valence-corrected chi connectivity index (χ3v) is 2.35. The maximum absolute atomic E-state index is 11.6. The van der Waals surface area contributed by atoms with E-state index in [4.69, 9.17) is 4.74 Å². The molecular formula is C11H10O5. The SMILES string of the molecule is CCOC(=O)[C@@]1(O)C(=O)Oc2ccccc21. The number of rotatable bonds is 2. The van der Waals surface area contributed by atoms with Gasteiger partial charge in [0.2, 0.25) is 0 Å². The normalized spacial score (nSPS) is 22.5. The number of hydrogen-bond donors (Lipinski definition) is 1. The van der Waals surface area contributed by atoms with Gasteiger partial charge in [-0.15, -0.1) is 0 Å². The lowest BCUT2D eigenvalue weighted by Crippen LogP contribution is -2.43. The van der Waals surface area contributed by atoms with E-state index in [9.17, 15) is 14.7 Å². The van der Waals surface area contributed by atoms with E-state index in [1.807, 2.05) is 0 Å². The van der Waals surface area contributed by atoms with Crippen molar-refractivity contribution in [1.29, 1.82) is 0 Å². The van der Waals surface area contributed by atoms with Gasteiger partial charge in [0.25, 0.3) is 5.60 Å². The Morgan fingerprint density at radius 3 is 2.88 bits per heavy atom. The Kier molecular flexibility index (Phi) is 2.40. The van der Waals surface area contributed by atoms with Crippen LogP contribution in [0.1, 0.15) is 12.5 Å². The molecule has 0 unspecified atom stereocenters. The van der Waals surface area contributed by atoms with Crippen molar-refractivity contribution in [3.8, 4) is 5.75 Å². The highest BCUT2D eigenvalue weighted by Gasteiger charge is 2.55. The lowest BCUT2D eigenvalue weighted by atomic mass is 9.96. The molecule has 16 heavy (non-hydrogen) atoms. The number of para-hydroxylation sites is 1. The summed E-state index contributed by atoms with van der Waals surface area (Å²) >= 11 is 0. The first-order valence-corrected chi connectivity index (χ1v) is 4.82. The fraction of sp³-hybridized carbons (Fsp3) is 0.273. The fourth-order valence-corrected chi connectivity index (χ4v) is 1.57. The van der Waals surface area contributed by atoms with E-state index < -0.39 is 17.5 Å². The van der Waals surface area contributed by atoms with Gasteiger partial charge < -0.3 is 14.6 Å². The Morgan fingerprint density at radius 1 is 1.50 bits per heavy atom. The smallest absolute Gasteiger partial charge is 0.360 e. The number of ether oxygens (including phenoxy) is 2. The fourth-order valence-electron chi connectivity index (χ4n) is 1.57. The zero-order chi connectivity index (χ0) is 11.8. The summed E-state index contributed by atoms with van der Waals surface area (Å²) in [5.74, 6) is -1.85. The minimum Gasteiger partial charge on any atom is -0.463 e. The van der Waals surface area contributed by atoms with Crippen LogP contribution >= 0.6 is 0 Å². The minimum absolute atomic E-state index is 0.0800. The van der Waals surface area contributed by atoms with Gasteiger partial charge in [-0.1, -0.05) is 18.2 Å². The minimum atomic E-state index is -2.33. The van der Waals surface area contributed by atoms with Crippen LogP contribution in [0.5, 0.6) is 5.75 Å². The second-order valence-electron chi connectivity index (χ2n) is 3.32. The summed E-state index contributed by atoms with van der Waals surface area (Å²) in [5.41, 5.74) is -2.20. The van der Waals surface area contributed by atoms with Gasteiger partial charge in [0.05, 0.1) is 6.61 Å². The Bertz CT molecular complexity index is 453. The van der Waals surface area contributed by atoms with Gasteiger partial charge in [-0.05, 0) is 13.0 Å². The van der Waals surface area contributed by atoms with Crippen molar-refractivity contribution in [3.63, 3.8) is 0 Å². The summed E-state index contributed by atoms with van der Waals surface area (Å²) in [7, 11) is 0. The highest BCUT2D eigenvalue weighted by molar-refractivity contribution is 6.08. The Hall–Kier alpha value is -1.88. The van der Waals surface area contributed by atoms with Crippen molar-refractivity contribution in [3.05, 3.63) is 29.8 Å². The number of hydrogen-bond acceptors (Lipinski definition) is 5. The van der Waals surface area contributed by atoms with Gasteiger partial charge in [-0.2, -0.15) is 0 Å². The third-order valence-electron chi connectivity index (χ3n) is 2.35. The van der Waals surface area contributed by atoms with Crippen LogP contribution in [0.25, 0.3) is 0 Å². The highest BCUT2D eigenvalue weighted by atomic mass is 16.6. The molecule has 0 aliphatic carbocycles. The van der Waals surface area contributed by atoms with Crippen LogP contribution in [0.3, 0.4) is 0 Å². The van der Waals surface area contributed by atoms with Crippen LogP contribution in [0.2, 0.25) is 0 Å². The number of carbonyl (C=O) groups is 2. The highest BCUT2D eigenvalue weighted by Crippen LogP contribution is 2.38. The summed E-state index contributed by atoms with van der Waals surface area (Å²) in [5, 5.41) is 10.1. The zero-order valence-corrected chi connectivity index (χ0v) is 8.60. The second kappa shape index (κ2) is 3.61. The van der Waals surface area contributed by atoms with E-state index in [1.54, 1.807) is 19.1 Å². The standard InChI is InChI=1S/C11H10O5/c1-2-15-9(12)11(14)7-5-3-4-6-8(7)16-10(11)13/h3-6,14H,2H2,1H3/t11-/m1/s1. The summed E-state index contributed by atoms with van der Waals surface area (Å²) in [4.78, 5) is 23.1. The van der Waals surface area contributed by atoms with Gasteiger partial charge in [0.1, 0.15) is 5.75 Å². The summed E-state index contributed by atoms with van der Waals surface area (Å²) in [6.07, 6.45) is 0. The molecule has 5 heteroatoms. The summed E-state index contributed by atoms with van der Waals surface area (Å²) < 4.78 is 9.47. The largest absolute Gasteiger partial charge is 0.463 e. The van der Waals surface area contributed by atoms with Crippen LogP contribution in [0.15, 0.2) is 24.3 Å². The number of fused-ring (bicyclic) bond motifs is 1. The summed E-state index contributed by atoms with van der Waals surface area (Å²) in [6.45, 7) is 1.67. The van der Waals surface area contributed by atoms with Crippen LogP contribution in [0.4, 0.5) is 0 Å². The van der Waals surface area contributed by atoms with E-state index >= 15 is 0 Å². The summed E-state index contributed by atoms with van der Waals surface area (Å²) in [6, 6.07) is 6.20. The molecule has 1 aromatic carbocycles. The first-order valence-electron chi connectivity index (χ1n) is 4.82. The molecule has 0 fully saturated rings. The van der Waals surface area contributed by atoms with Crippen molar-refractivity contribution in [2.75, 3.05) is 6.61 Å². The van der Waals surface area contributed by atoms with Gasteiger partial charge in [0.15, 0.2) is 0 Å². The molecule has 0 radical (unpaired) electrons. The van der Waals surface area contributed by atoms with Gasteiger partial charge >= 0.3 is 11.9 Å². The van der Waals surface area contributed by atoms with Crippen LogP contribution in [-0.4, -0.2) is 23.7 Å². The molecule has 1 heterocycles. The quantitative estimate of drug-likeness (QED) is 0.444. The average molecular weight is 222 g/mol. The second-order valence-corrected chi connectivity index (χ2v) is 3.32. The van der Waals surface area contributed by atoms with E-state index in [0.29, 0.717) is 0 Å². The average Bonchev–Trinajstić information content (AvgIpc) is 2.53. The molecule has 5 nitrogen and oxygen atoms in total. The topological polar surface area (TPSA) is 72.8 Å². The number of carbonyl (C=O) groups excluding carboxylic acids is 2. The van der Waals surface area contributed by atoms with Crippen molar-refractivity contribution in [2.45, 2.75) is 12.5 Å². The maximum Gasteiger partial charge on any atom is 0.360 e. The van der Waals surface area contributed by atoms with Crippen molar-refractivity contribution < 1.29 is 24.2 Å². The molecule has 0 bridgehead atoms. The van der Waals surface area contributed by atoms with E-state index in [1.165, 1.54) is 12.1 Å². The Morgan fingerprint density at radius 2 is 2.19 bits per heavy atom. The van der Waals surface area contributed by atoms with Gasteiger partial charge in [0, 0.05) is 5.56 Å². The maximum atomic E-state index is 11.6. The molecule has 0 saturated heterocycles. The lowest BCUT2D eigenvalue weighted by molar-refractivity contribution is -0.176. The predicted molar refractivity (Wildman–Crippen MR) is 52.6 cm³/mol. The van der Waals surface area contributed by atoms with Crippen molar-refractivity contribution in [1.82, 2.24) is 0 Å². The molecule has 2 rings (SSSR count). The van der Waals surface area contributed by atoms with Crippen molar-refractivity contribution >= 4 is 11.9 Å². The molecule has 84 valence electrons. The first kappa shape index (κ1) is 10.6. The molecule has 1 aliphatic heterocycles. The molecule has 1 aliphatic rings. The van der Waals surface area contributed by atoms with Crippen molar-refractivity contribution in [2.24, 2.45) is 0 Å². The molecule has 1 N–H and O–H groups in total. The molecule has 0 spiro atoms. The van der Waals surface area contributed by atoms with Crippen LogP contribution in [-0.2, 0) is 19.9 Å².